The van der Waals surface area contributed by atoms with E-state index in [-0.39, 0.29) is 5.91 Å². The molecule has 0 saturated heterocycles. The molecule has 2 aromatic rings. The molecule has 0 spiro atoms. The molecule has 118 valence electrons. The van der Waals surface area contributed by atoms with Crippen molar-refractivity contribution in [3.05, 3.63) is 53.6 Å². The third-order valence-corrected chi connectivity index (χ3v) is 4.15. The maximum Gasteiger partial charge on any atom is 0.262 e. The number of nitrogens with one attached hydrogen (secondary N) is 1. The van der Waals surface area contributed by atoms with E-state index < -0.39 is 0 Å². The number of hydrogen-bond donors (Lipinski definition) is 1. The van der Waals surface area contributed by atoms with Crippen LogP contribution in [-0.2, 0) is 6.54 Å². The van der Waals surface area contributed by atoms with Crippen LogP contribution in [0, 0.1) is 0 Å². The van der Waals surface area contributed by atoms with Crippen LogP contribution in [0.2, 0.25) is 0 Å². The molecule has 2 heterocycles. The number of fused-ring (bicyclic) bond motifs is 2. The molecular weight excluding hydrogens is 292 g/mol. The van der Waals surface area contributed by atoms with Gasteiger partial charge in [0.15, 0.2) is 11.5 Å². The molecule has 1 amide bonds. The van der Waals surface area contributed by atoms with Crippen LogP contribution in [0.3, 0.4) is 0 Å². The first kappa shape index (κ1) is 14.1. The summed E-state index contributed by atoms with van der Waals surface area (Å²) in [5, 5.41) is 3.35. The Morgan fingerprint density at radius 1 is 1.04 bits per heavy atom. The normalized spacial score (nSPS) is 16.4. The van der Waals surface area contributed by atoms with E-state index in [4.69, 9.17) is 9.47 Å². The zero-order chi connectivity index (χ0) is 15.6. The first-order chi connectivity index (χ1) is 11.3. The van der Waals surface area contributed by atoms with Gasteiger partial charge >= 0.3 is 0 Å². The number of ether oxygens (including phenoxy) is 2. The van der Waals surface area contributed by atoms with Gasteiger partial charge in [-0.15, -0.1) is 0 Å². The van der Waals surface area contributed by atoms with E-state index in [9.17, 15) is 4.79 Å². The van der Waals surface area contributed by atoms with Crippen LogP contribution >= 0.6 is 0 Å². The van der Waals surface area contributed by atoms with E-state index in [1.165, 1.54) is 0 Å². The van der Waals surface area contributed by atoms with Gasteiger partial charge in [-0.1, -0.05) is 24.3 Å². The lowest BCUT2D eigenvalue weighted by molar-refractivity contribution is 0.0976. The summed E-state index contributed by atoms with van der Waals surface area (Å²) >= 11 is 0. The Hall–Kier alpha value is -2.53. The lowest BCUT2D eigenvalue weighted by atomic mass is 10.1. The van der Waals surface area contributed by atoms with Gasteiger partial charge in [-0.25, -0.2) is 0 Å². The quantitative estimate of drug-likeness (QED) is 0.877. The molecule has 0 aliphatic carbocycles. The van der Waals surface area contributed by atoms with Crippen LogP contribution < -0.4 is 19.7 Å². The number of amides is 1. The van der Waals surface area contributed by atoms with E-state index in [0.29, 0.717) is 36.8 Å². The Bertz CT molecular complexity index is 745. The number of rotatable bonds is 1. The molecule has 5 nitrogen and oxygen atoms in total. The van der Waals surface area contributed by atoms with Gasteiger partial charge in [0.2, 0.25) is 0 Å². The van der Waals surface area contributed by atoms with E-state index in [1.54, 1.807) is 6.07 Å². The summed E-state index contributed by atoms with van der Waals surface area (Å²) in [6, 6.07) is 13.5. The van der Waals surface area contributed by atoms with Crippen molar-refractivity contribution in [2.45, 2.75) is 6.54 Å². The van der Waals surface area contributed by atoms with E-state index in [2.05, 4.69) is 5.32 Å². The van der Waals surface area contributed by atoms with Crippen molar-refractivity contribution in [1.82, 2.24) is 5.32 Å². The molecule has 4 rings (SSSR count). The fourth-order valence-corrected chi connectivity index (χ4v) is 3.06. The van der Waals surface area contributed by atoms with Crippen molar-refractivity contribution < 1.29 is 14.3 Å². The number of anilines is 1. The Labute approximate surface area is 134 Å². The van der Waals surface area contributed by atoms with Gasteiger partial charge in [0.25, 0.3) is 5.91 Å². The molecule has 0 atom stereocenters. The lowest BCUT2D eigenvalue weighted by Gasteiger charge is -2.26. The van der Waals surface area contributed by atoms with Gasteiger partial charge in [-0.05, 0) is 23.8 Å². The summed E-state index contributed by atoms with van der Waals surface area (Å²) in [7, 11) is 0. The second-order valence-corrected chi connectivity index (χ2v) is 5.59. The van der Waals surface area contributed by atoms with Crippen molar-refractivity contribution >= 4 is 11.6 Å². The van der Waals surface area contributed by atoms with E-state index in [1.807, 2.05) is 41.3 Å². The summed E-state index contributed by atoms with van der Waals surface area (Å²) in [5.74, 6) is 1.14. The van der Waals surface area contributed by atoms with Crippen molar-refractivity contribution in [2.24, 2.45) is 0 Å². The highest BCUT2D eigenvalue weighted by molar-refractivity contribution is 6.08. The van der Waals surface area contributed by atoms with Crippen molar-refractivity contribution in [3.63, 3.8) is 0 Å². The summed E-state index contributed by atoms with van der Waals surface area (Å²) in [5.41, 5.74) is 2.64. The van der Waals surface area contributed by atoms with Gasteiger partial charge in [0.05, 0.1) is 5.56 Å². The van der Waals surface area contributed by atoms with Crippen LogP contribution in [0.15, 0.2) is 42.5 Å². The molecule has 0 unspecified atom stereocenters. The second-order valence-electron chi connectivity index (χ2n) is 5.59. The standard InChI is InChI=1S/C18H18N2O3/c21-18(14-5-3-7-16-17(14)23-11-10-22-16)20-9-8-19-12-13-4-1-2-6-15(13)20/h1-7,19H,8-12H2. The number of carbonyl (C=O) groups excluding carboxylic acids is 1. The van der Waals surface area contributed by atoms with Crippen LogP contribution in [0.4, 0.5) is 5.69 Å². The molecule has 23 heavy (non-hydrogen) atoms. The molecule has 0 fully saturated rings. The molecule has 1 N–H and O–H groups in total. The summed E-state index contributed by atoms with van der Waals surface area (Å²) < 4.78 is 11.3. The van der Waals surface area contributed by atoms with Crippen LogP contribution in [0.25, 0.3) is 0 Å². The minimum atomic E-state index is -0.0523. The van der Waals surface area contributed by atoms with Crippen LogP contribution in [0.5, 0.6) is 11.5 Å². The largest absolute Gasteiger partial charge is 0.486 e. The van der Waals surface area contributed by atoms with Gasteiger partial charge in [-0.3, -0.25) is 4.79 Å². The number of benzene rings is 2. The van der Waals surface area contributed by atoms with Gasteiger partial charge < -0.3 is 19.7 Å². The highest BCUT2D eigenvalue weighted by Gasteiger charge is 2.27. The van der Waals surface area contributed by atoms with Gasteiger partial charge in [-0.2, -0.15) is 0 Å². The fraction of sp³-hybridized carbons (Fsp3) is 0.278. The first-order valence-corrected chi connectivity index (χ1v) is 7.84. The minimum absolute atomic E-state index is 0.0523. The zero-order valence-electron chi connectivity index (χ0n) is 12.7. The number of para-hydroxylation sites is 2. The molecule has 0 aromatic heterocycles. The number of nitrogens with zero attached hydrogens (tertiary/aromatic N) is 1. The van der Waals surface area contributed by atoms with Crippen molar-refractivity contribution in [1.29, 1.82) is 0 Å². The SMILES string of the molecule is O=C(c1cccc2c1OCCO2)N1CCNCc2ccccc21. The maximum atomic E-state index is 13.1. The fourth-order valence-electron chi connectivity index (χ4n) is 3.06. The van der Waals surface area contributed by atoms with E-state index >= 15 is 0 Å². The third kappa shape index (κ3) is 2.53. The van der Waals surface area contributed by atoms with Crippen LogP contribution in [0.1, 0.15) is 15.9 Å². The average Bonchev–Trinajstić information content (AvgIpc) is 2.83. The topological polar surface area (TPSA) is 50.8 Å². The van der Waals surface area contributed by atoms with Crippen LogP contribution in [-0.4, -0.2) is 32.2 Å². The first-order valence-electron chi connectivity index (χ1n) is 7.84. The molecule has 2 aliphatic heterocycles. The predicted octanol–water partition coefficient (Wildman–Crippen LogP) is 2.21. The number of carbonyl (C=O) groups is 1. The Morgan fingerprint density at radius 3 is 2.87 bits per heavy atom. The van der Waals surface area contributed by atoms with E-state index in [0.717, 1.165) is 24.3 Å². The summed E-state index contributed by atoms with van der Waals surface area (Å²) in [6.07, 6.45) is 0. The van der Waals surface area contributed by atoms with Gasteiger partial charge in [0.1, 0.15) is 13.2 Å². The Morgan fingerprint density at radius 2 is 1.91 bits per heavy atom. The molecule has 2 aliphatic rings. The van der Waals surface area contributed by atoms with Crippen molar-refractivity contribution in [2.75, 3.05) is 31.2 Å². The number of hydrogen-bond acceptors (Lipinski definition) is 4. The molecule has 0 bridgehead atoms. The van der Waals surface area contributed by atoms with Gasteiger partial charge in [0, 0.05) is 25.3 Å². The molecular formula is C18H18N2O3. The molecule has 0 saturated carbocycles. The maximum absolute atomic E-state index is 13.1. The smallest absolute Gasteiger partial charge is 0.262 e. The Kier molecular flexibility index (Phi) is 3.63. The summed E-state index contributed by atoms with van der Waals surface area (Å²) in [4.78, 5) is 15.0. The zero-order valence-corrected chi connectivity index (χ0v) is 12.7. The highest BCUT2D eigenvalue weighted by atomic mass is 16.6. The second kappa shape index (κ2) is 5.93. The molecule has 2 aromatic carbocycles. The third-order valence-electron chi connectivity index (χ3n) is 4.15. The minimum Gasteiger partial charge on any atom is -0.486 e. The average molecular weight is 310 g/mol. The molecule has 5 heteroatoms. The highest BCUT2D eigenvalue weighted by Crippen LogP contribution is 2.35. The Balaban J connectivity index is 1.75. The predicted molar refractivity (Wildman–Crippen MR) is 87.3 cm³/mol. The van der Waals surface area contributed by atoms with Crippen molar-refractivity contribution in [3.8, 4) is 11.5 Å². The lowest BCUT2D eigenvalue weighted by Crippen LogP contribution is -2.35. The molecule has 0 radical (unpaired) electrons. The summed E-state index contributed by atoms with van der Waals surface area (Å²) in [6.45, 7) is 3.14. The monoisotopic (exact) mass is 310 g/mol.